The van der Waals surface area contributed by atoms with Gasteiger partial charge in [-0.2, -0.15) is 0 Å². The Hall–Kier alpha value is -1.26. The van der Waals surface area contributed by atoms with E-state index in [0.29, 0.717) is 23.9 Å². The van der Waals surface area contributed by atoms with Crippen molar-refractivity contribution in [2.45, 2.75) is 32.3 Å². The number of hydrogen-bond acceptors (Lipinski definition) is 3. The van der Waals surface area contributed by atoms with Crippen molar-refractivity contribution in [3.8, 4) is 5.75 Å². The molecule has 1 unspecified atom stereocenters. The summed E-state index contributed by atoms with van der Waals surface area (Å²) in [6, 6.07) is 7.03. The summed E-state index contributed by atoms with van der Waals surface area (Å²) in [5.41, 5.74) is 0. The molecule has 1 aromatic carbocycles. The molecule has 0 heterocycles. The molecule has 1 atom stereocenters. The molecule has 1 aromatic rings. The van der Waals surface area contributed by atoms with E-state index in [4.69, 9.17) is 21.1 Å². The van der Waals surface area contributed by atoms with Gasteiger partial charge in [-0.15, -0.1) is 0 Å². The van der Waals surface area contributed by atoms with Crippen LogP contribution in [-0.4, -0.2) is 31.8 Å². The van der Waals surface area contributed by atoms with Crippen molar-refractivity contribution in [1.82, 2.24) is 5.32 Å². The Morgan fingerprint density at radius 3 is 3.00 bits per heavy atom. The average Bonchev–Trinajstić information content (AvgIpc) is 3.26. The molecule has 1 saturated carbocycles. The molecule has 1 amide bonds. The highest BCUT2D eigenvalue weighted by Gasteiger charge is 2.20. The Kier molecular flexibility index (Phi) is 6.33. The minimum absolute atomic E-state index is 0.128. The Labute approximate surface area is 130 Å². The Morgan fingerprint density at radius 1 is 1.48 bits per heavy atom. The maximum Gasteiger partial charge on any atom is 0.260 e. The van der Waals surface area contributed by atoms with Crippen LogP contribution in [0.5, 0.6) is 5.75 Å². The van der Waals surface area contributed by atoms with Gasteiger partial charge in [0.05, 0.1) is 0 Å². The van der Waals surface area contributed by atoms with Crippen LogP contribution < -0.4 is 10.1 Å². The first kappa shape index (κ1) is 16.1. The molecule has 2 rings (SSSR count). The van der Waals surface area contributed by atoms with Crippen molar-refractivity contribution in [1.29, 1.82) is 0 Å². The summed E-state index contributed by atoms with van der Waals surface area (Å²) in [6.07, 6.45) is 2.88. The summed E-state index contributed by atoms with van der Waals surface area (Å²) in [7, 11) is 0. The van der Waals surface area contributed by atoms with E-state index >= 15 is 0 Å². The van der Waals surface area contributed by atoms with E-state index in [1.165, 1.54) is 12.8 Å². The third-order valence-electron chi connectivity index (χ3n) is 3.29. The Morgan fingerprint density at radius 2 is 2.29 bits per heavy atom. The molecule has 4 nitrogen and oxygen atoms in total. The number of rotatable bonds is 9. The summed E-state index contributed by atoms with van der Waals surface area (Å²) in [6.45, 7) is 3.88. The summed E-state index contributed by atoms with van der Waals surface area (Å²) in [5, 5.41) is 3.43. The Balaban J connectivity index is 1.58. The number of benzene rings is 1. The number of amides is 1. The zero-order valence-corrected chi connectivity index (χ0v) is 13.1. The molecule has 0 aliphatic heterocycles. The molecule has 116 valence electrons. The summed E-state index contributed by atoms with van der Waals surface area (Å²) >= 11 is 5.87. The molecule has 1 fully saturated rings. The van der Waals surface area contributed by atoms with E-state index in [1.807, 2.05) is 0 Å². The van der Waals surface area contributed by atoms with Gasteiger partial charge in [0.1, 0.15) is 5.75 Å². The van der Waals surface area contributed by atoms with Crippen LogP contribution in [0.3, 0.4) is 0 Å². The van der Waals surface area contributed by atoms with Gasteiger partial charge in [-0.3, -0.25) is 4.79 Å². The zero-order chi connectivity index (χ0) is 15.1. The Bertz CT molecular complexity index is 463. The number of hydrogen-bond donors (Lipinski definition) is 1. The van der Waals surface area contributed by atoms with Crippen LogP contribution in [0.15, 0.2) is 24.3 Å². The fourth-order valence-corrected chi connectivity index (χ4v) is 2.04. The van der Waals surface area contributed by atoms with Crippen molar-refractivity contribution >= 4 is 17.5 Å². The maximum absolute atomic E-state index is 11.9. The lowest BCUT2D eigenvalue weighted by molar-refractivity contribution is -0.127. The quantitative estimate of drug-likeness (QED) is 0.713. The van der Waals surface area contributed by atoms with E-state index in [9.17, 15) is 4.79 Å². The van der Waals surface area contributed by atoms with Crippen LogP contribution in [0, 0.1) is 5.92 Å². The minimum atomic E-state index is -0.546. The van der Waals surface area contributed by atoms with Crippen molar-refractivity contribution < 1.29 is 14.3 Å². The van der Waals surface area contributed by atoms with E-state index in [0.717, 1.165) is 18.9 Å². The molecule has 1 aliphatic carbocycles. The van der Waals surface area contributed by atoms with E-state index in [1.54, 1.807) is 31.2 Å². The highest BCUT2D eigenvalue weighted by molar-refractivity contribution is 6.30. The van der Waals surface area contributed by atoms with Gasteiger partial charge in [0, 0.05) is 24.8 Å². The minimum Gasteiger partial charge on any atom is -0.481 e. The highest BCUT2D eigenvalue weighted by Crippen LogP contribution is 2.28. The zero-order valence-electron chi connectivity index (χ0n) is 12.3. The number of carbonyl (C=O) groups excluding carboxylic acids is 1. The van der Waals surface area contributed by atoms with Crippen LogP contribution in [0.1, 0.15) is 26.2 Å². The molecule has 0 saturated heterocycles. The molecular formula is C16H22ClNO3. The standard InChI is InChI=1S/C16H22ClNO3/c1-12(21-15-5-2-4-14(17)10-15)16(19)18-8-3-9-20-11-13-6-7-13/h2,4-5,10,12-13H,3,6-9,11H2,1H3,(H,18,19). The number of carbonyl (C=O) groups is 1. The van der Waals surface area contributed by atoms with Crippen LogP contribution in [0.4, 0.5) is 0 Å². The fraction of sp³-hybridized carbons (Fsp3) is 0.562. The van der Waals surface area contributed by atoms with Crippen LogP contribution in [0.25, 0.3) is 0 Å². The highest BCUT2D eigenvalue weighted by atomic mass is 35.5. The average molecular weight is 312 g/mol. The smallest absolute Gasteiger partial charge is 0.260 e. The molecule has 0 aromatic heterocycles. The number of nitrogens with one attached hydrogen (secondary N) is 1. The summed E-state index contributed by atoms with van der Waals surface area (Å²) < 4.78 is 11.1. The summed E-state index contributed by atoms with van der Waals surface area (Å²) in [4.78, 5) is 11.9. The second-order valence-electron chi connectivity index (χ2n) is 5.38. The first-order chi connectivity index (χ1) is 10.1. The van der Waals surface area contributed by atoms with Gasteiger partial charge in [-0.05, 0) is 50.3 Å². The van der Waals surface area contributed by atoms with Crippen molar-refractivity contribution in [2.75, 3.05) is 19.8 Å². The second-order valence-corrected chi connectivity index (χ2v) is 5.82. The van der Waals surface area contributed by atoms with Gasteiger partial charge < -0.3 is 14.8 Å². The van der Waals surface area contributed by atoms with Crippen LogP contribution >= 0.6 is 11.6 Å². The molecule has 0 bridgehead atoms. The predicted molar refractivity (Wildman–Crippen MR) is 82.7 cm³/mol. The fourth-order valence-electron chi connectivity index (χ4n) is 1.86. The normalized spacial score (nSPS) is 15.5. The van der Waals surface area contributed by atoms with Gasteiger partial charge in [-0.1, -0.05) is 17.7 Å². The lowest BCUT2D eigenvalue weighted by atomic mass is 10.3. The van der Waals surface area contributed by atoms with Crippen molar-refractivity contribution in [3.05, 3.63) is 29.3 Å². The van der Waals surface area contributed by atoms with Crippen LogP contribution in [0.2, 0.25) is 5.02 Å². The topological polar surface area (TPSA) is 47.6 Å². The first-order valence-electron chi connectivity index (χ1n) is 7.43. The molecule has 5 heteroatoms. The van der Waals surface area contributed by atoms with Gasteiger partial charge in [0.15, 0.2) is 6.10 Å². The first-order valence-corrected chi connectivity index (χ1v) is 7.80. The van der Waals surface area contributed by atoms with Gasteiger partial charge in [0.2, 0.25) is 0 Å². The number of halogens is 1. The molecule has 0 radical (unpaired) electrons. The molecule has 1 N–H and O–H groups in total. The van der Waals surface area contributed by atoms with Gasteiger partial charge in [-0.25, -0.2) is 0 Å². The SMILES string of the molecule is CC(Oc1cccc(Cl)c1)C(=O)NCCCOCC1CC1. The molecule has 1 aliphatic rings. The van der Waals surface area contributed by atoms with Crippen LogP contribution in [-0.2, 0) is 9.53 Å². The predicted octanol–water partition coefficient (Wildman–Crippen LogP) is 3.04. The third-order valence-corrected chi connectivity index (χ3v) is 3.53. The largest absolute Gasteiger partial charge is 0.481 e. The van der Waals surface area contributed by atoms with E-state index in [-0.39, 0.29) is 5.91 Å². The maximum atomic E-state index is 11.9. The van der Waals surface area contributed by atoms with E-state index < -0.39 is 6.10 Å². The van der Waals surface area contributed by atoms with E-state index in [2.05, 4.69) is 5.32 Å². The van der Waals surface area contributed by atoms with Gasteiger partial charge in [0.25, 0.3) is 5.91 Å². The summed E-state index contributed by atoms with van der Waals surface area (Å²) in [5.74, 6) is 1.25. The lowest BCUT2D eigenvalue weighted by Crippen LogP contribution is -2.37. The monoisotopic (exact) mass is 311 g/mol. The molecular weight excluding hydrogens is 290 g/mol. The second kappa shape index (κ2) is 8.25. The number of ether oxygens (including phenoxy) is 2. The third kappa shape index (κ3) is 6.36. The van der Waals surface area contributed by atoms with Crippen molar-refractivity contribution in [3.63, 3.8) is 0 Å². The molecule has 21 heavy (non-hydrogen) atoms. The molecule has 0 spiro atoms. The van der Waals surface area contributed by atoms with Gasteiger partial charge >= 0.3 is 0 Å². The lowest BCUT2D eigenvalue weighted by Gasteiger charge is -2.14. The van der Waals surface area contributed by atoms with Crippen molar-refractivity contribution in [2.24, 2.45) is 5.92 Å².